The molecule has 110 valence electrons. The van der Waals surface area contributed by atoms with Crippen LogP contribution >= 0.6 is 0 Å². The van der Waals surface area contributed by atoms with E-state index in [2.05, 4.69) is 25.1 Å². The fraction of sp³-hybridized carbons (Fsp3) is 0.611. The van der Waals surface area contributed by atoms with Crippen LogP contribution in [0.1, 0.15) is 64.5 Å². The molecule has 20 heavy (non-hydrogen) atoms. The van der Waals surface area contributed by atoms with Gasteiger partial charge in [-0.3, -0.25) is 4.79 Å². The summed E-state index contributed by atoms with van der Waals surface area (Å²) < 4.78 is 6.00. The average Bonchev–Trinajstić information content (AvgIpc) is 2.59. The summed E-state index contributed by atoms with van der Waals surface area (Å²) in [6.07, 6.45) is 5.06. The van der Waals surface area contributed by atoms with Gasteiger partial charge in [-0.15, -0.1) is 0 Å². The van der Waals surface area contributed by atoms with Gasteiger partial charge in [0.25, 0.3) is 0 Å². The van der Waals surface area contributed by atoms with Crippen molar-refractivity contribution >= 4 is 5.97 Å². The predicted octanol–water partition coefficient (Wildman–Crippen LogP) is 4.61. The number of esters is 1. The monoisotopic (exact) mass is 274 g/mol. The summed E-state index contributed by atoms with van der Waals surface area (Å²) in [5.74, 6) is -0.0841. The molecule has 0 amide bonds. The minimum atomic E-state index is -0.476. The maximum atomic E-state index is 12.5. The van der Waals surface area contributed by atoms with Crippen molar-refractivity contribution in [3.63, 3.8) is 0 Å². The zero-order chi connectivity index (χ0) is 14.8. The molecule has 1 atom stereocenters. The van der Waals surface area contributed by atoms with Crippen LogP contribution in [0, 0.1) is 5.41 Å². The molecule has 0 N–H and O–H groups in total. The van der Waals surface area contributed by atoms with Crippen molar-refractivity contribution in [1.82, 2.24) is 0 Å². The van der Waals surface area contributed by atoms with E-state index in [1.165, 1.54) is 17.5 Å². The number of hydrogen-bond acceptors (Lipinski definition) is 2. The molecule has 2 rings (SSSR count). The van der Waals surface area contributed by atoms with Crippen LogP contribution in [0.5, 0.6) is 0 Å². The van der Waals surface area contributed by atoms with Gasteiger partial charge in [-0.1, -0.05) is 31.2 Å². The maximum absolute atomic E-state index is 12.5. The summed E-state index contributed by atoms with van der Waals surface area (Å²) in [5.41, 5.74) is 1.63. The first kappa shape index (κ1) is 15.1. The topological polar surface area (TPSA) is 26.3 Å². The molecule has 0 fully saturated rings. The third-order valence-corrected chi connectivity index (χ3v) is 4.69. The molecular weight excluding hydrogens is 248 g/mol. The van der Waals surface area contributed by atoms with Crippen LogP contribution in [0.25, 0.3) is 0 Å². The van der Waals surface area contributed by atoms with Crippen molar-refractivity contribution < 1.29 is 9.53 Å². The lowest BCUT2D eigenvalue weighted by atomic mass is 9.87. The van der Waals surface area contributed by atoms with Crippen molar-refractivity contribution in [3.8, 4) is 0 Å². The van der Waals surface area contributed by atoms with Crippen molar-refractivity contribution in [3.05, 3.63) is 35.4 Å². The van der Waals surface area contributed by atoms with E-state index in [9.17, 15) is 4.79 Å². The van der Waals surface area contributed by atoms with Crippen LogP contribution in [0.4, 0.5) is 0 Å². The van der Waals surface area contributed by atoms with E-state index in [1.807, 2.05) is 26.8 Å². The normalized spacial score (nSPS) is 22.8. The van der Waals surface area contributed by atoms with Gasteiger partial charge in [0, 0.05) is 0 Å². The average molecular weight is 274 g/mol. The number of ether oxygens (including phenoxy) is 1. The maximum Gasteiger partial charge on any atom is 0.312 e. The van der Waals surface area contributed by atoms with Crippen molar-refractivity contribution in [2.45, 2.75) is 65.4 Å². The van der Waals surface area contributed by atoms with Crippen molar-refractivity contribution in [1.29, 1.82) is 0 Å². The lowest BCUT2D eigenvalue weighted by molar-refractivity contribution is -0.171. The lowest BCUT2D eigenvalue weighted by Crippen LogP contribution is -2.36. The summed E-state index contributed by atoms with van der Waals surface area (Å²) in [6.45, 7) is 8.02. The highest BCUT2D eigenvalue weighted by Crippen LogP contribution is 2.39. The Labute approximate surface area is 122 Å². The molecule has 2 nitrogen and oxygen atoms in total. The molecule has 1 aromatic carbocycles. The highest BCUT2D eigenvalue weighted by Gasteiger charge is 2.38. The van der Waals surface area contributed by atoms with Crippen LogP contribution in [0.2, 0.25) is 0 Å². The van der Waals surface area contributed by atoms with Crippen LogP contribution in [0.3, 0.4) is 0 Å². The molecule has 1 aromatic rings. The first-order valence-corrected chi connectivity index (χ1v) is 7.71. The second-order valence-corrected chi connectivity index (χ2v) is 6.72. The van der Waals surface area contributed by atoms with Gasteiger partial charge in [0.15, 0.2) is 0 Å². The number of fused-ring (bicyclic) bond motifs is 1. The lowest BCUT2D eigenvalue weighted by Gasteiger charge is -2.34. The van der Waals surface area contributed by atoms with E-state index in [1.54, 1.807) is 0 Å². The largest absolute Gasteiger partial charge is 0.454 e. The van der Waals surface area contributed by atoms with Gasteiger partial charge < -0.3 is 4.74 Å². The Kier molecular flexibility index (Phi) is 4.22. The van der Waals surface area contributed by atoms with E-state index < -0.39 is 11.0 Å². The molecule has 0 saturated carbocycles. The SMILES string of the molecule is CCC(C)(C)C(=O)OC1(C)CCCCc2ccccc21. The molecule has 0 aromatic heterocycles. The van der Waals surface area contributed by atoms with Crippen LogP contribution < -0.4 is 0 Å². The molecule has 0 bridgehead atoms. The minimum absolute atomic E-state index is 0.0841. The van der Waals surface area contributed by atoms with Crippen LogP contribution in [-0.4, -0.2) is 5.97 Å². The Hall–Kier alpha value is -1.31. The molecule has 0 spiro atoms. The Morgan fingerprint density at radius 3 is 2.70 bits per heavy atom. The predicted molar refractivity (Wildman–Crippen MR) is 81.5 cm³/mol. The second kappa shape index (κ2) is 5.59. The van der Waals surface area contributed by atoms with Gasteiger partial charge in [0.1, 0.15) is 5.60 Å². The molecule has 0 aliphatic heterocycles. The van der Waals surface area contributed by atoms with E-state index in [0.717, 1.165) is 25.7 Å². The molecule has 0 heterocycles. The molecule has 0 saturated heterocycles. The Morgan fingerprint density at radius 2 is 2.00 bits per heavy atom. The van der Waals surface area contributed by atoms with Gasteiger partial charge in [-0.05, 0) is 64.0 Å². The van der Waals surface area contributed by atoms with Crippen LogP contribution in [-0.2, 0) is 21.6 Å². The van der Waals surface area contributed by atoms with Gasteiger partial charge in [0.05, 0.1) is 5.41 Å². The van der Waals surface area contributed by atoms with Crippen molar-refractivity contribution in [2.75, 3.05) is 0 Å². The van der Waals surface area contributed by atoms with E-state index in [-0.39, 0.29) is 5.97 Å². The summed E-state index contributed by atoms with van der Waals surface area (Å²) in [5, 5.41) is 0. The number of rotatable bonds is 3. The molecule has 0 radical (unpaired) electrons. The third kappa shape index (κ3) is 2.89. The van der Waals surface area contributed by atoms with E-state index in [0.29, 0.717) is 0 Å². The van der Waals surface area contributed by atoms with Gasteiger partial charge in [0.2, 0.25) is 0 Å². The number of aryl methyl sites for hydroxylation is 1. The summed E-state index contributed by atoms with van der Waals surface area (Å²) in [7, 11) is 0. The molecule has 2 heteroatoms. The first-order valence-electron chi connectivity index (χ1n) is 7.71. The number of hydrogen-bond donors (Lipinski definition) is 0. The van der Waals surface area contributed by atoms with Gasteiger partial charge in [-0.2, -0.15) is 0 Å². The molecule has 1 aliphatic carbocycles. The first-order chi connectivity index (χ1) is 9.39. The Morgan fingerprint density at radius 1 is 1.30 bits per heavy atom. The van der Waals surface area contributed by atoms with E-state index >= 15 is 0 Å². The quantitative estimate of drug-likeness (QED) is 0.594. The standard InChI is InChI=1S/C18H26O2/c1-5-17(2,3)16(19)20-18(4)13-9-8-11-14-10-6-7-12-15(14)18/h6-7,10,12H,5,8-9,11,13H2,1-4H3. The van der Waals surface area contributed by atoms with Crippen LogP contribution in [0.15, 0.2) is 24.3 Å². The zero-order valence-corrected chi connectivity index (χ0v) is 13.2. The minimum Gasteiger partial charge on any atom is -0.454 e. The fourth-order valence-electron chi connectivity index (χ4n) is 2.76. The summed E-state index contributed by atoms with van der Waals surface area (Å²) in [4.78, 5) is 12.5. The number of carbonyl (C=O) groups excluding carboxylic acids is 1. The Balaban J connectivity index is 2.32. The second-order valence-electron chi connectivity index (χ2n) is 6.72. The highest BCUT2D eigenvalue weighted by molar-refractivity contribution is 5.76. The summed E-state index contributed by atoms with van der Waals surface area (Å²) >= 11 is 0. The Bertz CT molecular complexity index is 490. The fourth-order valence-corrected chi connectivity index (χ4v) is 2.76. The molecule has 1 unspecified atom stereocenters. The smallest absolute Gasteiger partial charge is 0.312 e. The zero-order valence-electron chi connectivity index (χ0n) is 13.2. The third-order valence-electron chi connectivity index (χ3n) is 4.69. The van der Waals surface area contributed by atoms with E-state index in [4.69, 9.17) is 4.74 Å². The van der Waals surface area contributed by atoms with Gasteiger partial charge in [-0.25, -0.2) is 0 Å². The van der Waals surface area contributed by atoms with Gasteiger partial charge >= 0.3 is 5.97 Å². The molecular formula is C18H26O2. The highest BCUT2D eigenvalue weighted by atomic mass is 16.6. The van der Waals surface area contributed by atoms with Crippen molar-refractivity contribution in [2.24, 2.45) is 5.41 Å². The summed E-state index contributed by atoms with van der Waals surface area (Å²) in [6, 6.07) is 8.40. The molecule has 1 aliphatic rings. The number of carbonyl (C=O) groups is 1. The number of benzene rings is 1.